The number of pyridine rings is 1. The summed E-state index contributed by atoms with van der Waals surface area (Å²) >= 11 is 1.57. The molecule has 0 unspecified atom stereocenters. The first-order chi connectivity index (χ1) is 14.7. The number of ether oxygens (including phenoxy) is 1. The third-order valence-electron chi connectivity index (χ3n) is 4.35. The van der Waals surface area contributed by atoms with Gasteiger partial charge in [-0.25, -0.2) is 0 Å². The van der Waals surface area contributed by atoms with E-state index in [9.17, 15) is 9.59 Å². The molecule has 2 aromatic heterocycles. The van der Waals surface area contributed by atoms with Gasteiger partial charge >= 0.3 is 0 Å². The van der Waals surface area contributed by atoms with Crippen LogP contribution in [0.1, 0.15) is 15.2 Å². The van der Waals surface area contributed by atoms with E-state index in [0.717, 1.165) is 10.3 Å². The fourth-order valence-corrected chi connectivity index (χ4v) is 3.51. The molecule has 5 nitrogen and oxygen atoms in total. The Hall–Kier alpha value is -3.77. The number of hydrogen-bond acceptors (Lipinski definition) is 5. The van der Waals surface area contributed by atoms with Gasteiger partial charge in [-0.3, -0.25) is 14.6 Å². The van der Waals surface area contributed by atoms with Crippen molar-refractivity contribution < 1.29 is 14.3 Å². The molecule has 0 bridgehead atoms. The molecule has 0 aliphatic rings. The normalized spacial score (nSPS) is 10.9. The molecule has 0 aliphatic carbocycles. The molecule has 2 heterocycles. The van der Waals surface area contributed by atoms with Crippen LogP contribution in [0.4, 0.5) is 5.69 Å². The molecule has 6 heteroatoms. The lowest BCUT2D eigenvalue weighted by molar-refractivity contribution is -0.118. The number of carbonyl (C=O) groups excluding carboxylic acids is 2. The lowest BCUT2D eigenvalue weighted by atomic mass is 10.1. The number of rotatable bonds is 7. The number of amides is 1. The number of carbonyl (C=O) groups is 2. The topological polar surface area (TPSA) is 68.3 Å². The highest BCUT2D eigenvalue weighted by atomic mass is 32.1. The smallest absolute Gasteiger partial charge is 0.262 e. The molecule has 0 saturated heterocycles. The van der Waals surface area contributed by atoms with Gasteiger partial charge in [0.2, 0.25) is 0 Å². The van der Waals surface area contributed by atoms with Crippen molar-refractivity contribution in [3.8, 4) is 5.75 Å². The van der Waals surface area contributed by atoms with Crippen molar-refractivity contribution in [2.75, 3.05) is 11.9 Å². The minimum absolute atomic E-state index is 0.0898. The first kappa shape index (κ1) is 19.5. The lowest BCUT2D eigenvalue weighted by Gasteiger charge is -2.09. The summed E-state index contributed by atoms with van der Waals surface area (Å²) in [7, 11) is 0. The maximum Gasteiger partial charge on any atom is 0.262 e. The summed E-state index contributed by atoms with van der Waals surface area (Å²) in [4.78, 5) is 29.8. The van der Waals surface area contributed by atoms with Crippen molar-refractivity contribution in [3.05, 3.63) is 94.8 Å². The fourth-order valence-electron chi connectivity index (χ4n) is 2.89. The minimum atomic E-state index is -0.292. The number of benzene rings is 2. The molecule has 0 saturated carbocycles. The molecule has 0 aliphatic heterocycles. The van der Waals surface area contributed by atoms with Crippen LogP contribution in [0.15, 0.2) is 84.4 Å². The molecule has 4 aromatic rings. The number of anilines is 1. The zero-order chi connectivity index (χ0) is 20.8. The number of nitrogens with one attached hydrogen (secondary N) is 1. The number of allylic oxidation sites excluding steroid dienone is 1. The van der Waals surface area contributed by atoms with E-state index in [-0.39, 0.29) is 18.3 Å². The summed E-state index contributed by atoms with van der Waals surface area (Å²) in [6.07, 6.45) is 5.03. The third-order valence-corrected chi connectivity index (χ3v) is 5.19. The molecule has 0 radical (unpaired) electrons. The Morgan fingerprint density at radius 2 is 1.83 bits per heavy atom. The molecule has 1 amide bonds. The highest BCUT2D eigenvalue weighted by molar-refractivity contribution is 7.10. The van der Waals surface area contributed by atoms with Gasteiger partial charge in [0.15, 0.2) is 12.4 Å². The van der Waals surface area contributed by atoms with E-state index in [1.54, 1.807) is 60.0 Å². The summed E-state index contributed by atoms with van der Waals surface area (Å²) in [5.41, 5.74) is 1.86. The quantitative estimate of drug-likeness (QED) is 0.333. The summed E-state index contributed by atoms with van der Waals surface area (Å²) in [6.45, 7) is -0.139. The fraction of sp³-hybridized carbons (Fsp3) is 0.0417. The van der Waals surface area contributed by atoms with Crippen LogP contribution in [0.5, 0.6) is 5.75 Å². The Bertz CT molecular complexity index is 1190. The van der Waals surface area contributed by atoms with Crippen molar-refractivity contribution in [1.29, 1.82) is 0 Å². The van der Waals surface area contributed by atoms with Crippen molar-refractivity contribution in [3.63, 3.8) is 0 Å². The number of para-hydroxylation sites is 1. The van der Waals surface area contributed by atoms with Gasteiger partial charge < -0.3 is 10.1 Å². The van der Waals surface area contributed by atoms with Crippen molar-refractivity contribution in [1.82, 2.24) is 4.98 Å². The lowest BCUT2D eigenvalue weighted by Crippen LogP contribution is -2.20. The Balaban J connectivity index is 1.34. The summed E-state index contributed by atoms with van der Waals surface area (Å²) < 4.78 is 5.65. The predicted molar refractivity (Wildman–Crippen MR) is 120 cm³/mol. The molecule has 0 fully saturated rings. The largest absolute Gasteiger partial charge is 0.481 e. The van der Waals surface area contributed by atoms with E-state index in [1.165, 1.54) is 0 Å². The van der Waals surface area contributed by atoms with Crippen LogP contribution in [-0.4, -0.2) is 23.3 Å². The van der Waals surface area contributed by atoms with Gasteiger partial charge in [-0.1, -0.05) is 24.3 Å². The number of thiophene rings is 1. The SMILES string of the molecule is O=C(COc1cccc2cccnc12)Nc1ccc(C(=O)/C=C/c2cccs2)cc1. The van der Waals surface area contributed by atoms with Gasteiger partial charge in [0.05, 0.1) is 0 Å². The Kier molecular flexibility index (Phi) is 5.96. The van der Waals surface area contributed by atoms with Crippen LogP contribution in [0, 0.1) is 0 Å². The third kappa shape index (κ3) is 4.79. The second-order valence-corrected chi connectivity index (χ2v) is 7.44. The van der Waals surface area contributed by atoms with Gasteiger partial charge in [-0.2, -0.15) is 0 Å². The highest BCUT2D eigenvalue weighted by Crippen LogP contribution is 2.23. The van der Waals surface area contributed by atoms with Crippen LogP contribution in [-0.2, 0) is 4.79 Å². The molecule has 1 N–H and O–H groups in total. The summed E-state index contributed by atoms with van der Waals surface area (Å²) in [5.74, 6) is 0.175. The monoisotopic (exact) mass is 414 g/mol. The van der Waals surface area contributed by atoms with E-state index in [0.29, 0.717) is 22.5 Å². The molecular weight excluding hydrogens is 396 g/mol. The van der Waals surface area contributed by atoms with Crippen LogP contribution >= 0.6 is 11.3 Å². The van der Waals surface area contributed by atoms with Crippen LogP contribution in [0.25, 0.3) is 17.0 Å². The molecule has 4 rings (SSSR count). The van der Waals surface area contributed by atoms with E-state index in [2.05, 4.69) is 10.3 Å². The molecular formula is C24H18N2O3S. The average Bonchev–Trinajstić information content (AvgIpc) is 3.30. The van der Waals surface area contributed by atoms with Gasteiger partial charge in [0, 0.05) is 27.7 Å². The second-order valence-electron chi connectivity index (χ2n) is 6.46. The van der Waals surface area contributed by atoms with Gasteiger partial charge in [-0.05, 0) is 60.0 Å². The van der Waals surface area contributed by atoms with Gasteiger partial charge in [-0.15, -0.1) is 11.3 Å². The Labute approximate surface area is 177 Å². The summed E-state index contributed by atoms with van der Waals surface area (Å²) in [6, 6.07) is 20.0. The molecule has 0 atom stereocenters. The molecule has 148 valence electrons. The Morgan fingerprint density at radius 3 is 2.63 bits per heavy atom. The van der Waals surface area contributed by atoms with Crippen molar-refractivity contribution >= 4 is 45.7 Å². The van der Waals surface area contributed by atoms with E-state index >= 15 is 0 Å². The maximum atomic E-state index is 12.2. The number of aromatic nitrogens is 1. The first-order valence-corrected chi connectivity index (χ1v) is 10.2. The molecule has 0 spiro atoms. The van der Waals surface area contributed by atoms with Crippen LogP contribution in [0.3, 0.4) is 0 Å². The predicted octanol–water partition coefficient (Wildman–Crippen LogP) is 5.21. The van der Waals surface area contributed by atoms with E-state index < -0.39 is 0 Å². The van der Waals surface area contributed by atoms with Crippen LogP contribution < -0.4 is 10.1 Å². The van der Waals surface area contributed by atoms with Gasteiger partial charge in [0.1, 0.15) is 11.3 Å². The second kappa shape index (κ2) is 9.15. The van der Waals surface area contributed by atoms with Crippen molar-refractivity contribution in [2.24, 2.45) is 0 Å². The first-order valence-electron chi connectivity index (χ1n) is 9.31. The minimum Gasteiger partial charge on any atom is -0.481 e. The van der Waals surface area contributed by atoms with E-state index in [1.807, 2.05) is 41.8 Å². The zero-order valence-electron chi connectivity index (χ0n) is 15.9. The van der Waals surface area contributed by atoms with Crippen LogP contribution in [0.2, 0.25) is 0 Å². The number of ketones is 1. The maximum absolute atomic E-state index is 12.2. The standard InChI is InChI=1S/C24H18N2O3S/c27-21(13-12-20-6-3-15-30-20)17-8-10-19(11-9-17)26-23(28)16-29-22-7-1-4-18-5-2-14-25-24(18)22/h1-15H,16H2,(H,26,28)/b13-12+. The number of nitrogens with zero attached hydrogens (tertiary/aromatic N) is 1. The van der Waals surface area contributed by atoms with Gasteiger partial charge in [0.25, 0.3) is 5.91 Å². The Morgan fingerprint density at radius 1 is 1.00 bits per heavy atom. The highest BCUT2D eigenvalue weighted by Gasteiger charge is 2.08. The molecule has 2 aromatic carbocycles. The summed E-state index contributed by atoms with van der Waals surface area (Å²) in [5, 5.41) is 5.68. The zero-order valence-corrected chi connectivity index (χ0v) is 16.8. The average molecular weight is 414 g/mol. The number of hydrogen-bond donors (Lipinski definition) is 1. The van der Waals surface area contributed by atoms with E-state index in [4.69, 9.17) is 4.74 Å². The molecule has 30 heavy (non-hydrogen) atoms. The number of fused-ring (bicyclic) bond motifs is 1. The van der Waals surface area contributed by atoms with Crippen molar-refractivity contribution in [2.45, 2.75) is 0 Å².